The van der Waals surface area contributed by atoms with Crippen LogP contribution in [0.3, 0.4) is 0 Å². The Morgan fingerprint density at radius 2 is 1.65 bits per heavy atom. The molecule has 5 heteroatoms. The zero-order valence-electron chi connectivity index (χ0n) is 20.1. The van der Waals surface area contributed by atoms with Crippen LogP contribution in [0.1, 0.15) is 91.5 Å². The van der Waals surface area contributed by atoms with Gasteiger partial charge < -0.3 is 10.6 Å². The average molecular weight is 428 g/mol. The fraction of sp³-hybridized carbons (Fsp3) is 0.692. The number of rotatable bonds is 9. The number of carbonyl (C=O) groups is 2. The van der Waals surface area contributed by atoms with E-state index in [0.29, 0.717) is 13.0 Å². The van der Waals surface area contributed by atoms with Gasteiger partial charge in [0.2, 0.25) is 0 Å². The van der Waals surface area contributed by atoms with E-state index >= 15 is 0 Å². The predicted molar refractivity (Wildman–Crippen MR) is 126 cm³/mol. The lowest BCUT2D eigenvalue weighted by atomic mass is 9.60. The monoisotopic (exact) mass is 427 g/mol. The number of urea groups is 1. The summed E-state index contributed by atoms with van der Waals surface area (Å²) >= 11 is 0. The Bertz CT molecular complexity index is 782. The molecule has 0 aliphatic carbocycles. The molecule has 31 heavy (non-hydrogen) atoms. The SMILES string of the molecule is CCCCCCCCN1C(=O)NC2(CC(C)(CC)NC(C)(c3ccccc3)C2C)C1=O. The molecule has 4 unspecified atom stereocenters. The number of piperidine rings is 1. The lowest BCUT2D eigenvalue weighted by Gasteiger charge is -2.57. The summed E-state index contributed by atoms with van der Waals surface area (Å²) in [6.07, 6.45) is 8.31. The van der Waals surface area contributed by atoms with Gasteiger partial charge in [0.15, 0.2) is 0 Å². The fourth-order valence-corrected chi connectivity index (χ4v) is 5.67. The zero-order chi connectivity index (χ0) is 22.7. The fourth-order valence-electron chi connectivity index (χ4n) is 5.67. The number of nitrogens with one attached hydrogen (secondary N) is 2. The summed E-state index contributed by atoms with van der Waals surface area (Å²) in [5, 5.41) is 7.07. The molecule has 5 nitrogen and oxygen atoms in total. The number of unbranched alkanes of at least 4 members (excludes halogenated alkanes) is 5. The molecule has 2 saturated heterocycles. The highest BCUT2D eigenvalue weighted by atomic mass is 16.2. The molecule has 2 aliphatic rings. The first-order valence-electron chi connectivity index (χ1n) is 12.2. The Morgan fingerprint density at radius 1 is 1.00 bits per heavy atom. The van der Waals surface area contributed by atoms with Crippen molar-refractivity contribution in [3.8, 4) is 0 Å². The Hall–Kier alpha value is -1.88. The molecule has 0 saturated carbocycles. The highest BCUT2D eigenvalue weighted by Crippen LogP contribution is 2.49. The van der Waals surface area contributed by atoms with Gasteiger partial charge in [-0.05, 0) is 38.7 Å². The Labute approximate surface area is 188 Å². The summed E-state index contributed by atoms with van der Waals surface area (Å²) in [5.41, 5.74) is -0.405. The van der Waals surface area contributed by atoms with Gasteiger partial charge in [0, 0.05) is 23.5 Å². The molecule has 4 atom stereocenters. The third kappa shape index (κ3) is 4.39. The van der Waals surface area contributed by atoms with Crippen molar-refractivity contribution in [2.75, 3.05) is 6.54 Å². The molecule has 2 aliphatic heterocycles. The van der Waals surface area contributed by atoms with Gasteiger partial charge in [-0.2, -0.15) is 0 Å². The standard InChI is InChI=1S/C26H41N3O2/c1-6-8-9-10-11-15-18-29-22(30)26(27-23(29)31)19-24(4,7-2)28-25(5,20(26)3)21-16-13-12-14-17-21/h12-14,16-17,20,28H,6-11,15,18-19H2,1-5H3,(H,27,31). The van der Waals surface area contributed by atoms with E-state index in [1.807, 2.05) is 18.2 Å². The third-order valence-corrected chi connectivity index (χ3v) is 7.93. The van der Waals surface area contributed by atoms with Gasteiger partial charge in [-0.25, -0.2) is 4.79 Å². The van der Waals surface area contributed by atoms with E-state index in [0.717, 1.165) is 24.8 Å². The Morgan fingerprint density at radius 3 is 2.29 bits per heavy atom. The number of hydrogen-bond donors (Lipinski definition) is 2. The Balaban J connectivity index is 1.85. The van der Waals surface area contributed by atoms with Crippen LogP contribution in [0.2, 0.25) is 0 Å². The summed E-state index contributed by atoms with van der Waals surface area (Å²) < 4.78 is 0. The molecule has 2 fully saturated rings. The van der Waals surface area contributed by atoms with Gasteiger partial charge in [0.05, 0.1) is 0 Å². The second kappa shape index (κ2) is 9.32. The van der Waals surface area contributed by atoms with Crippen LogP contribution < -0.4 is 10.6 Å². The first kappa shape index (κ1) is 23.8. The molecule has 0 radical (unpaired) electrons. The van der Waals surface area contributed by atoms with Crippen molar-refractivity contribution < 1.29 is 9.59 Å². The molecule has 1 spiro atoms. The molecule has 1 aromatic rings. The summed E-state index contributed by atoms with van der Waals surface area (Å²) in [5.74, 6) is -0.130. The topological polar surface area (TPSA) is 61.4 Å². The lowest BCUT2D eigenvalue weighted by molar-refractivity contribution is -0.138. The Kier molecular flexibility index (Phi) is 7.14. The van der Waals surface area contributed by atoms with Crippen molar-refractivity contribution in [2.45, 2.75) is 103 Å². The van der Waals surface area contributed by atoms with E-state index in [1.54, 1.807) is 0 Å². The van der Waals surface area contributed by atoms with Crippen LogP contribution in [0.25, 0.3) is 0 Å². The van der Waals surface area contributed by atoms with Crippen LogP contribution >= 0.6 is 0 Å². The minimum atomic E-state index is -0.875. The van der Waals surface area contributed by atoms with E-state index < -0.39 is 11.1 Å². The highest BCUT2D eigenvalue weighted by molar-refractivity contribution is 6.07. The maximum Gasteiger partial charge on any atom is 0.325 e. The van der Waals surface area contributed by atoms with Crippen LogP contribution in [-0.2, 0) is 10.3 Å². The molecule has 2 heterocycles. The summed E-state index contributed by atoms with van der Waals surface area (Å²) in [6.45, 7) is 11.3. The van der Waals surface area contributed by atoms with Crippen LogP contribution in [0.5, 0.6) is 0 Å². The number of benzene rings is 1. The van der Waals surface area contributed by atoms with E-state index in [2.05, 4.69) is 57.4 Å². The molecule has 1 aromatic carbocycles. The maximum absolute atomic E-state index is 13.8. The second-order valence-corrected chi connectivity index (χ2v) is 10.1. The van der Waals surface area contributed by atoms with Crippen molar-refractivity contribution in [1.82, 2.24) is 15.5 Å². The summed E-state index contributed by atoms with van der Waals surface area (Å²) in [7, 11) is 0. The van der Waals surface area contributed by atoms with E-state index in [1.165, 1.54) is 30.6 Å². The molecular formula is C26H41N3O2. The molecule has 2 N–H and O–H groups in total. The number of hydrogen-bond acceptors (Lipinski definition) is 3. The van der Waals surface area contributed by atoms with Crippen LogP contribution in [0.4, 0.5) is 4.79 Å². The summed E-state index contributed by atoms with van der Waals surface area (Å²) in [6, 6.07) is 10.1. The number of amides is 3. The lowest BCUT2D eigenvalue weighted by Crippen LogP contribution is -2.73. The van der Waals surface area contributed by atoms with Gasteiger partial charge in [-0.3, -0.25) is 9.69 Å². The average Bonchev–Trinajstić information content (AvgIpc) is 2.99. The minimum Gasteiger partial charge on any atom is -0.323 e. The van der Waals surface area contributed by atoms with Gasteiger partial charge in [0.1, 0.15) is 5.54 Å². The highest BCUT2D eigenvalue weighted by Gasteiger charge is 2.64. The van der Waals surface area contributed by atoms with Crippen molar-refractivity contribution in [2.24, 2.45) is 5.92 Å². The molecule has 0 aromatic heterocycles. The van der Waals surface area contributed by atoms with Gasteiger partial charge in [0.25, 0.3) is 5.91 Å². The normalized spacial score (nSPS) is 33.2. The second-order valence-electron chi connectivity index (χ2n) is 10.1. The first-order chi connectivity index (χ1) is 14.7. The van der Waals surface area contributed by atoms with Crippen LogP contribution in [-0.4, -0.2) is 34.5 Å². The van der Waals surface area contributed by atoms with E-state index in [-0.39, 0.29) is 23.4 Å². The number of carbonyl (C=O) groups excluding carboxylic acids is 2. The molecule has 172 valence electrons. The number of nitrogens with zero attached hydrogens (tertiary/aromatic N) is 1. The number of imide groups is 1. The molecule has 3 rings (SSSR count). The van der Waals surface area contributed by atoms with Crippen molar-refractivity contribution in [3.05, 3.63) is 35.9 Å². The third-order valence-electron chi connectivity index (χ3n) is 7.93. The van der Waals surface area contributed by atoms with Gasteiger partial charge in [-0.15, -0.1) is 0 Å². The largest absolute Gasteiger partial charge is 0.325 e. The maximum atomic E-state index is 13.8. The van der Waals surface area contributed by atoms with Crippen LogP contribution in [0, 0.1) is 5.92 Å². The minimum absolute atomic E-state index is 0.0399. The molecule has 0 bridgehead atoms. The van der Waals surface area contributed by atoms with E-state index in [4.69, 9.17) is 0 Å². The van der Waals surface area contributed by atoms with Crippen molar-refractivity contribution in [1.29, 1.82) is 0 Å². The smallest absolute Gasteiger partial charge is 0.323 e. The summed E-state index contributed by atoms with van der Waals surface area (Å²) in [4.78, 5) is 28.3. The van der Waals surface area contributed by atoms with Gasteiger partial charge >= 0.3 is 6.03 Å². The van der Waals surface area contributed by atoms with Gasteiger partial charge in [-0.1, -0.05) is 83.2 Å². The van der Waals surface area contributed by atoms with Crippen molar-refractivity contribution in [3.63, 3.8) is 0 Å². The molecular weight excluding hydrogens is 386 g/mol. The van der Waals surface area contributed by atoms with Crippen LogP contribution in [0.15, 0.2) is 30.3 Å². The van der Waals surface area contributed by atoms with Crippen molar-refractivity contribution >= 4 is 11.9 Å². The quantitative estimate of drug-likeness (QED) is 0.412. The molecule has 3 amide bonds. The zero-order valence-corrected chi connectivity index (χ0v) is 20.1. The van der Waals surface area contributed by atoms with E-state index in [9.17, 15) is 9.59 Å². The first-order valence-corrected chi connectivity index (χ1v) is 12.2. The predicted octanol–water partition coefficient (Wildman–Crippen LogP) is 5.35.